The second kappa shape index (κ2) is 11.9. The lowest BCUT2D eigenvalue weighted by Crippen LogP contribution is -2.30. The second-order valence-electron chi connectivity index (χ2n) is 16.3. The summed E-state index contributed by atoms with van der Waals surface area (Å²) in [6.45, 7) is 9.34. The van der Waals surface area contributed by atoms with Gasteiger partial charge in [-0.25, -0.2) is 0 Å². The summed E-state index contributed by atoms with van der Waals surface area (Å²) < 4.78 is 6.18. The molecule has 0 radical (unpaired) electrons. The average Bonchev–Trinajstić information content (AvgIpc) is 3.82. The predicted octanol–water partition coefficient (Wildman–Crippen LogP) is 14.3. The Kier molecular flexibility index (Phi) is 6.98. The molecular weight excluding hydrogens is 679 g/mol. The Labute approximate surface area is 328 Å². The van der Waals surface area contributed by atoms with Crippen molar-refractivity contribution in [3.05, 3.63) is 220 Å². The van der Waals surface area contributed by atoms with Crippen LogP contribution < -0.4 is 4.90 Å². The van der Waals surface area contributed by atoms with Crippen molar-refractivity contribution >= 4 is 39.0 Å². The van der Waals surface area contributed by atoms with Crippen LogP contribution in [0, 0.1) is 13.8 Å². The molecule has 2 nitrogen and oxygen atoms in total. The Morgan fingerprint density at radius 2 is 0.875 bits per heavy atom. The second-order valence-corrected chi connectivity index (χ2v) is 16.3. The van der Waals surface area contributed by atoms with Crippen molar-refractivity contribution in [2.45, 2.75) is 38.5 Å². The minimum absolute atomic E-state index is 0.0755. The molecular formula is C54H41NO. The molecule has 0 saturated carbocycles. The van der Waals surface area contributed by atoms with Crippen molar-refractivity contribution in [2.75, 3.05) is 4.90 Å². The molecule has 8 aromatic carbocycles. The van der Waals surface area contributed by atoms with Crippen molar-refractivity contribution in [1.82, 2.24) is 0 Å². The summed E-state index contributed by atoms with van der Waals surface area (Å²) in [7, 11) is 0. The lowest BCUT2D eigenvalue weighted by molar-refractivity contribution is 0.650. The first-order valence-electron chi connectivity index (χ1n) is 19.7. The van der Waals surface area contributed by atoms with E-state index in [0.29, 0.717) is 0 Å². The van der Waals surface area contributed by atoms with Gasteiger partial charge in [-0.05, 0) is 124 Å². The molecule has 2 heteroatoms. The largest absolute Gasteiger partial charge is 0.456 e. The van der Waals surface area contributed by atoms with Crippen LogP contribution in [0.2, 0.25) is 0 Å². The SMILES string of the molecule is Cc1cc2c3c(c1)C(c1ccc(-c4ccc5oc6ccccc6c5c4)cc1)(c1ccc(N(c4ccccc4)c4ccccc4)cc1)c1cc(C)cc(c1-3)C2(C)C. The highest BCUT2D eigenvalue weighted by Gasteiger charge is 2.53. The van der Waals surface area contributed by atoms with E-state index in [1.54, 1.807) is 0 Å². The number of anilines is 3. The van der Waals surface area contributed by atoms with Gasteiger partial charge < -0.3 is 9.32 Å². The normalized spacial score (nSPS) is 14.4. The fourth-order valence-corrected chi connectivity index (χ4v) is 10.0. The predicted molar refractivity (Wildman–Crippen MR) is 233 cm³/mol. The zero-order valence-electron chi connectivity index (χ0n) is 32.1. The van der Waals surface area contributed by atoms with E-state index in [1.807, 2.05) is 12.1 Å². The van der Waals surface area contributed by atoms with Gasteiger partial charge in [0.2, 0.25) is 0 Å². The number of aryl methyl sites for hydroxylation is 2. The molecule has 0 spiro atoms. The lowest BCUT2D eigenvalue weighted by Gasteiger charge is -2.37. The van der Waals surface area contributed by atoms with Crippen LogP contribution in [0.5, 0.6) is 0 Å². The van der Waals surface area contributed by atoms with Gasteiger partial charge in [-0.15, -0.1) is 0 Å². The molecule has 9 aromatic rings. The molecule has 0 fully saturated rings. The third kappa shape index (κ3) is 4.56. The molecule has 0 amide bonds. The molecule has 0 bridgehead atoms. The van der Waals surface area contributed by atoms with Gasteiger partial charge in [0.25, 0.3) is 0 Å². The first-order valence-corrected chi connectivity index (χ1v) is 19.7. The Balaban J connectivity index is 1.13. The lowest BCUT2D eigenvalue weighted by atomic mass is 9.65. The van der Waals surface area contributed by atoms with Gasteiger partial charge in [-0.2, -0.15) is 0 Å². The Morgan fingerprint density at radius 3 is 1.46 bits per heavy atom. The fraction of sp³-hybridized carbons (Fsp3) is 0.111. The Hall–Kier alpha value is -6.64. The van der Waals surface area contributed by atoms with Crippen LogP contribution in [0.3, 0.4) is 0 Å². The van der Waals surface area contributed by atoms with Crippen LogP contribution in [-0.4, -0.2) is 0 Å². The fourth-order valence-electron chi connectivity index (χ4n) is 10.0. The number of hydrogen-bond donors (Lipinski definition) is 0. The molecule has 0 aliphatic heterocycles. The maximum absolute atomic E-state index is 6.18. The summed E-state index contributed by atoms with van der Waals surface area (Å²) in [6, 6.07) is 64.9. The summed E-state index contributed by atoms with van der Waals surface area (Å²) in [5.41, 5.74) is 20.6. The first kappa shape index (κ1) is 32.8. The van der Waals surface area contributed by atoms with E-state index in [0.717, 1.165) is 39.0 Å². The van der Waals surface area contributed by atoms with Gasteiger partial charge in [0, 0.05) is 33.2 Å². The number of nitrogens with zero attached hydrogens (tertiary/aromatic N) is 1. The van der Waals surface area contributed by atoms with E-state index in [9.17, 15) is 0 Å². The third-order valence-corrected chi connectivity index (χ3v) is 12.6. The molecule has 0 saturated heterocycles. The summed E-state index contributed by atoms with van der Waals surface area (Å²) in [6.07, 6.45) is 0. The van der Waals surface area contributed by atoms with Gasteiger partial charge >= 0.3 is 0 Å². The monoisotopic (exact) mass is 719 g/mol. The van der Waals surface area contributed by atoms with E-state index in [2.05, 4.69) is 196 Å². The highest BCUT2D eigenvalue weighted by molar-refractivity contribution is 6.06. The molecule has 2 aliphatic carbocycles. The summed E-state index contributed by atoms with van der Waals surface area (Å²) in [5.74, 6) is 0. The molecule has 0 atom stereocenters. The van der Waals surface area contributed by atoms with E-state index < -0.39 is 5.41 Å². The molecule has 268 valence electrons. The Bertz CT molecular complexity index is 2890. The molecule has 11 rings (SSSR count). The van der Waals surface area contributed by atoms with Crippen LogP contribution in [0.15, 0.2) is 180 Å². The van der Waals surface area contributed by atoms with Crippen molar-refractivity contribution in [2.24, 2.45) is 0 Å². The molecule has 0 unspecified atom stereocenters. The van der Waals surface area contributed by atoms with Gasteiger partial charge in [-0.3, -0.25) is 0 Å². The van der Waals surface area contributed by atoms with Gasteiger partial charge in [-0.1, -0.05) is 146 Å². The van der Waals surface area contributed by atoms with Gasteiger partial charge in [0.1, 0.15) is 11.2 Å². The van der Waals surface area contributed by atoms with Crippen LogP contribution >= 0.6 is 0 Å². The number of furan rings is 1. The van der Waals surface area contributed by atoms with E-state index in [-0.39, 0.29) is 5.41 Å². The topological polar surface area (TPSA) is 16.4 Å². The zero-order chi connectivity index (χ0) is 37.8. The van der Waals surface area contributed by atoms with Gasteiger partial charge in [0.05, 0.1) is 5.41 Å². The first-order chi connectivity index (χ1) is 27.3. The maximum Gasteiger partial charge on any atom is 0.135 e. The summed E-state index contributed by atoms with van der Waals surface area (Å²) in [4.78, 5) is 2.35. The molecule has 1 heterocycles. The highest BCUT2D eigenvalue weighted by Crippen LogP contribution is 2.64. The smallest absolute Gasteiger partial charge is 0.135 e. The van der Waals surface area contributed by atoms with Crippen LogP contribution in [-0.2, 0) is 10.8 Å². The number of hydrogen-bond acceptors (Lipinski definition) is 2. The number of fused-ring (bicyclic) bond motifs is 3. The van der Waals surface area contributed by atoms with Crippen LogP contribution in [0.1, 0.15) is 58.4 Å². The molecule has 1 aromatic heterocycles. The van der Waals surface area contributed by atoms with E-state index in [4.69, 9.17) is 4.42 Å². The summed E-state index contributed by atoms with van der Waals surface area (Å²) >= 11 is 0. The molecule has 0 N–H and O–H groups in total. The minimum Gasteiger partial charge on any atom is -0.456 e. The van der Waals surface area contributed by atoms with Crippen molar-refractivity contribution in [1.29, 1.82) is 0 Å². The van der Waals surface area contributed by atoms with Crippen LogP contribution in [0.4, 0.5) is 17.1 Å². The zero-order valence-corrected chi connectivity index (χ0v) is 32.1. The maximum atomic E-state index is 6.18. The number of para-hydroxylation sites is 3. The number of rotatable bonds is 6. The quantitative estimate of drug-likeness (QED) is 0.170. The molecule has 2 aliphatic rings. The van der Waals surface area contributed by atoms with Gasteiger partial charge in [0.15, 0.2) is 0 Å². The van der Waals surface area contributed by atoms with Crippen LogP contribution in [0.25, 0.3) is 44.2 Å². The van der Waals surface area contributed by atoms with Crippen molar-refractivity contribution in [3.63, 3.8) is 0 Å². The van der Waals surface area contributed by atoms with Crippen molar-refractivity contribution in [3.8, 4) is 22.3 Å². The van der Waals surface area contributed by atoms with E-state index in [1.165, 1.54) is 66.8 Å². The number of benzene rings is 8. The average molecular weight is 720 g/mol. The third-order valence-electron chi connectivity index (χ3n) is 12.6. The standard InChI is InChI=1S/C54H41NO/c1-34-29-45-51-47(31-34)54(48-32-35(2)30-46(52(48)51)53(45,3)4,39-24-26-42(27-25-39)55(40-13-7-5-8-14-40)41-15-9-6-10-16-41)38-22-19-36(20-23-38)37-21-28-50-44(33-37)43-17-11-12-18-49(43)56-50/h5-33H,1-4H3. The summed E-state index contributed by atoms with van der Waals surface area (Å²) in [5, 5.41) is 2.29. The molecule has 56 heavy (non-hydrogen) atoms. The van der Waals surface area contributed by atoms with E-state index >= 15 is 0 Å². The Morgan fingerprint density at radius 1 is 0.411 bits per heavy atom. The minimum atomic E-state index is -0.505. The van der Waals surface area contributed by atoms with Crippen molar-refractivity contribution < 1.29 is 4.42 Å². The highest BCUT2D eigenvalue weighted by atomic mass is 16.3.